The Labute approximate surface area is 153 Å². The minimum atomic E-state index is -0.187. The van der Waals surface area contributed by atoms with Gasteiger partial charge in [0.1, 0.15) is 0 Å². The molecule has 0 spiro atoms. The smallest absolute Gasteiger partial charge is 0.306 e. The third kappa shape index (κ3) is 4.43. The van der Waals surface area contributed by atoms with Crippen molar-refractivity contribution in [2.75, 3.05) is 12.3 Å². The molecule has 3 aromatic rings. The fourth-order valence-corrected chi connectivity index (χ4v) is 2.75. The maximum absolute atomic E-state index is 11.5. The molecule has 0 heterocycles. The van der Waals surface area contributed by atoms with Gasteiger partial charge in [-0.25, -0.2) is 0 Å². The minimum Gasteiger partial charge on any atom is -0.466 e. The number of nitrogens with two attached hydrogens (primary N) is 1. The van der Waals surface area contributed by atoms with Gasteiger partial charge in [-0.15, -0.1) is 0 Å². The maximum atomic E-state index is 11.5. The van der Waals surface area contributed by atoms with Crippen LogP contribution in [-0.2, 0) is 16.0 Å². The average molecular weight is 343 g/mol. The molecule has 0 radical (unpaired) electrons. The van der Waals surface area contributed by atoms with Crippen LogP contribution in [0.2, 0.25) is 0 Å². The number of esters is 1. The molecule has 130 valence electrons. The number of hydrogen-bond donors (Lipinski definition) is 1. The number of anilines is 1. The summed E-state index contributed by atoms with van der Waals surface area (Å²) in [4.78, 5) is 11.5. The quantitative estimate of drug-likeness (QED) is 0.436. The normalized spacial score (nSPS) is 10.2. The van der Waals surface area contributed by atoms with Gasteiger partial charge in [-0.3, -0.25) is 4.79 Å². The van der Waals surface area contributed by atoms with E-state index in [9.17, 15) is 4.79 Å². The lowest BCUT2D eigenvalue weighted by Crippen LogP contribution is -2.05. The highest BCUT2D eigenvalue weighted by Gasteiger charge is 2.04. The van der Waals surface area contributed by atoms with Gasteiger partial charge in [0.15, 0.2) is 0 Å². The second kappa shape index (κ2) is 8.22. The molecular weight excluding hydrogens is 322 g/mol. The predicted molar refractivity (Wildman–Crippen MR) is 106 cm³/mol. The summed E-state index contributed by atoms with van der Waals surface area (Å²) in [5, 5.41) is 2.36. The zero-order valence-corrected chi connectivity index (χ0v) is 14.8. The average Bonchev–Trinajstić information content (AvgIpc) is 2.66. The van der Waals surface area contributed by atoms with E-state index in [1.165, 1.54) is 5.39 Å². The second-order valence-corrected chi connectivity index (χ2v) is 6.04. The minimum absolute atomic E-state index is 0.187. The highest BCUT2D eigenvalue weighted by molar-refractivity contribution is 5.83. The zero-order valence-electron chi connectivity index (χ0n) is 14.8. The molecule has 3 nitrogen and oxygen atoms in total. The largest absolute Gasteiger partial charge is 0.466 e. The third-order valence-corrected chi connectivity index (χ3v) is 4.13. The Morgan fingerprint density at radius 2 is 1.81 bits per heavy atom. The standard InChI is InChI=1S/C23H21NO2/c1-2-26-23(25)14-10-18-9-13-22(24)21(16-18)12-8-17-7-11-19-5-3-4-6-20(19)15-17/h3-7,9,11,13,15-16H,2,10,14,24H2,1H3. The molecule has 3 rings (SSSR count). The van der Waals surface area contributed by atoms with E-state index >= 15 is 0 Å². The Bertz CT molecular complexity index is 996. The van der Waals surface area contributed by atoms with Crippen LogP contribution in [0.15, 0.2) is 60.7 Å². The van der Waals surface area contributed by atoms with E-state index in [-0.39, 0.29) is 5.97 Å². The van der Waals surface area contributed by atoms with E-state index in [2.05, 4.69) is 36.1 Å². The lowest BCUT2D eigenvalue weighted by Gasteiger charge is -2.05. The number of carbonyl (C=O) groups is 1. The van der Waals surface area contributed by atoms with E-state index in [1.54, 1.807) is 0 Å². The topological polar surface area (TPSA) is 52.3 Å². The zero-order chi connectivity index (χ0) is 18.4. The summed E-state index contributed by atoms with van der Waals surface area (Å²) in [5.41, 5.74) is 9.44. The summed E-state index contributed by atoms with van der Waals surface area (Å²) >= 11 is 0. The molecule has 26 heavy (non-hydrogen) atoms. The maximum Gasteiger partial charge on any atom is 0.306 e. The van der Waals surface area contributed by atoms with Crippen molar-refractivity contribution >= 4 is 22.4 Å². The second-order valence-electron chi connectivity index (χ2n) is 6.04. The van der Waals surface area contributed by atoms with Crippen LogP contribution in [0.1, 0.15) is 30.0 Å². The van der Waals surface area contributed by atoms with Crippen LogP contribution < -0.4 is 5.73 Å². The van der Waals surface area contributed by atoms with E-state index in [1.807, 2.05) is 43.3 Å². The molecule has 0 amide bonds. The number of carbonyl (C=O) groups excluding carboxylic acids is 1. The molecule has 3 aromatic carbocycles. The lowest BCUT2D eigenvalue weighted by atomic mass is 10.0. The first kappa shape index (κ1) is 17.6. The molecule has 0 saturated carbocycles. The third-order valence-electron chi connectivity index (χ3n) is 4.13. The number of hydrogen-bond acceptors (Lipinski definition) is 3. The summed E-state index contributed by atoms with van der Waals surface area (Å²) in [6.07, 6.45) is 0.971. The van der Waals surface area contributed by atoms with Crippen LogP contribution in [0.5, 0.6) is 0 Å². The predicted octanol–water partition coefficient (Wildman–Crippen LogP) is 4.32. The molecule has 0 bridgehead atoms. The Hall–Kier alpha value is -3.25. The Kier molecular flexibility index (Phi) is 5.56. The molecule has 0 aliphatic rings. The van der Waals surface area contributed by atoms with Gasteiger partial charge in [0.2, 0.25) is 0 Å². The Morgan fingerprint density at radius 1 is 1.00 bits per heavy atom. The summed E-state index contributed by atoms with van der Waals surface area (Å²) in [6, 6.07) is 20.1. The highest BCUT2D eigenvalue weighted by atomic mass is 16.5. The van der Waals surface area contributed by atoms with Crippen molar-refractivity contribution in [3.05, 3.63) is 77.4 Å². The summed E-state index contributed by atoms with van der Waals surface area (Å²) < 4.78 is 4.97. The van der Waals surface area contributed by atoms with Crippen molar-refractivity contribution < 1.29 is 9.53 Å². The van der Waals surface area contributed by atoms with Gasteiger partial charge in [0.25, 0.3) is 0 Å². The van der Waals surface area contributed by atoms with Crippen LogP contribution in [0.25, 0.3) is 10.8 Å². The molecular formula is C23H21NO2. The van der Waals surface area contributed by atoms with Crippen LogP contribution in [0.4, 0.5) is 5.69 Å². The first-order chi connectivity index (χ1) is 12.7. The molecule has 0 aliphatic carbocycles. The van der Waals surface area contributed by atoms with Crippen molar-refractivity contribution in [2.45, 2.75) is 19.8 Å². The summed E-state index contributed by atoms with van der Waals surface area (Å²) in [5.74, 6) is 6.15. The van der Waals surface area contributed by atoms with E-state index in [4.69, 9.17) is 10.5 Å². The van der Waals surface area contributed by atoms with Crippen molar-refractivity contribution in [1.29, 1.82) is 0 Å². The van der Waals surface area contributed by atoms with Gasteiger partial charge in [0, 0.05) is 23.2 Å². The van der Waals surface area contributed by atoms with Gasteiger partial charge in [-0.2, -0.15) is 0 Å². The van der Waals surface area contributed by atoms with Crippen molar-refractivity contribution in [3.8, 4) is 11.8 Å². The van der Waals surface area contributed by atoms with Gasteiger partial charge >= 0.3 is 5.97 Å². The van der Waals surface area contributed by atoms with Crippen molar-refractivity contribution in [3.63, 3.8) is 0 Å². The Balaban J connectivity index is 1.79. The molecule has 3 heteroatoms. The number of rotatable bonds is 4. The number of nitrogen functional groups attached to an aromatic ring is 1. The molecule has 0 atom stereocenters. The molecule has 0 fully saturated rings. The van der Waals surface area contributed by atoms with E-state index < -0.39 is 0 Å². The van der Waals surface area contributed by atoms with Gasteiger partial charge in [-0.1, -0.05) is 48.2 Å². The van der Waals surface area contributed by atoms with E-state index in [0.717, 1.165) is 22.1 Å². The molecule has 0 aromatic heterocycles. The number of benzene rings is 3. The number of ether oxygens (including phenoxy) is 1. The summed E-state index contributed by atoms with van der Waals surface area (Å²) in [7, 11) is 0. The van der Waals surface area contributed by atoms with Crippen LogP contribution in [0.3, 0.4) is 0 Å². The Morgan fingerprint density at radius 3 is 2.62 bits per heavy atom. The lowest BCUT2D eigenvalue weighted by molar-refractivity contribution is -0.143. The SMILES string of the molecule is CCOC(=O)CCc1ccc(N)c(C#Cc2ccc3ccccc3c2)c1. The van der Waals surface area contributed by atoms with Crippen LogP contribution >= 0.6 is 0 Å². The van der Waals surface area contributed by atoms with Crippen molar-refractivity contribution in [1.82, 2.24) is 0 Å². The molecule has 0 aliphatic heterocycles. The van der Waals surface area contributed by atoms with Gasteiger partial charge in [-0.05, 0) is 53.9 Å². The van der Waals surface area contributed by atoms with Gasteiger partial charge in [0.05, 0.1) is 6.61 Å². The van der Waals surface area contributed by atoms with Gasteiger partial charge < -0.3 is 10.5 Å². The fraction of sp³-hybridized carbons (Fsp3) is 0.174. The fourth-order valence-electron chi connectivity index (χ4n) is 2.75. The molecule has 2 N–H and O–H groups in total. The van der Waals surface area contributed by atoms with E-state index in [0.29, 0.717) is 25.1 Å². The molecule has 0 unspecified atom stereocenters. The number of fused-ring (bicyclic) bond motifs is 1. The highest BCUT2D eigenvalue weighted by Crippen LogP contribution is 2.17. The molecule has 0 saturated heterocycles. The monoisotopic (exact) mass is 343 g/mol. The summed E-state index contributed by atoms with van der Waals surface area (Å²) in [6.45, 7) is 2.21. The van der Waals surface area contributed by atoms with Crippen molar-refractivity contribution in [2.24, 2.45) is 0 Å². The van der Waals surface area contributed by atoms with Crippen LogP contribution in [0, 0.1) is 11.8 Å². The van der Waals surface area contributed by atoms with Crippen LogP contribution in [-0.4, -0.2) is 12.6 Å². The first-order valence-corrected chi connectivity index (χ1v) is 8.70. The number of aryl methyl sites for hydroxylation is 1. The first-order valence-electron chi connectivity index (χ1n) is 8.70.